The monoisotopic (exact) mass is 251 g/mol. The van der Waals surface area contributed by atoms with Gasteiger partial charge >= 0.3 is 0 Å². The number of aromatic hydroxyl groups is 1. The molecule has 0 aromatic heterocycles. The average molecular weight is 251 g/mol. The lowest BCUT2D eigenvalue weighted by molar-refractivity contribution is 0.0940. The van der Waals surface area contributed by atoms with Crippen molar-refractivity contribution in [2.24, 2.45) is 10.9 Å². The van der Waals surface area contributed by atoms with Gasteiger partial charge in [0.2, 0.25) is 0 Å². The van der Waals surface area contributed by atoms with Gasteiger partial charge in [0, 0.05) is 18.0 Å². The number of nitrogens with two attached hydrogens (primary N) is 1. The molecule has 0 aliphatic heterocycles. The van der Waals surface area contributed by atoms with Crippen LogP contribution in [0, 0.1) is 6.92 Å². The molecule has 0 aliphatic rings. The molecule has 0 saturated heterocycles. The molecule has 18 heavy (non-hydrogen) atoms. The molecule has 0 bridgehead atoms. The molecule has 0 saturated carbocycles. The number of aryl methyl sites for hydroxylation is 1. The molecule has 98 valence electrons. The minimum Gasteiger partial charge on any atom is -0.508 e. The standard InChI is InChI=1S/C12H17N3O3/c1-7-5-9(16)3-4-10(7)12(17)14-8(2)6-11(13)15-18/h3-5,8,16,18H,6H2,1-2H3,(H2,13,15)(H,14,17). The summed E-state index contributed by atoms with van der Waals surface area (Å²) >= 11 is 0. The second kappa shape index (κ2) is 5.90. The second-order valence-electron chi connectivity index (χ2n) is 4.17. The van der Waals surface area contributed by atoms with Crippen LogP contribution in [0.15, 0.2) is 23.4 Å². The number of benzene rings is 1. The van der Waals surface area contributed by atoms with E-state index in [1.165, 1.54) is 12.1 Å². The molecule has 1 rings (SSSR count). The predicted octanol–water partition coefficient (Wildman–Crippen LogP) is 0.955. The van der Waals surface area contributed by atoms with Crippen LogP contribution in [0.3, 0.4) is 0 Å². The van der Waals surface area contributed by atoms with Gasteiger partial charge in [0.15, 0.2) is 0 Å². The van der Waals surface area contributed by atoms with Crippen molar-refractivity contribution in [2.45, 2.75) is 26.3 Å². The van der Waals surface area contributed by atoms with E-state index in [-0.39, 0.29) is 30.0 Å². The summed E-state index contributed by atoms with van der Waals surface area (Å²) in [7, 11) is 0. The molecular formula is C12H17N3O3. The molecule has 1 unspecified atom stereocenters. The number of nitrogens with one attached hydrogen (secondary N) is 1. The highest BCUT2D eigenvalue weighted by Gasteiger charge is 2.13. The normalized spacial score (nSPS) is 13.1. The molecule has 1 atom stereocenters. The maximum absolute atomic E-state index is 11.9. The van der Waals surface area contributed by atoms with E-state index in [1.807, 2.05) is 0 Å². The highest BCUT2D eigenvalue weighted by atomic mass is 16.4. The van der Waals surface area contributed by atoms with Crippen LogP contribution >= 0.6 is 0 Å². The van der Waals surface area contributed by atoms with Crippen molar-refractivity contribution in [3.05, 3.63) is 29.3 Å². The van der Waals surface area contributed by atoms with E-state index in [0.717, 1.165) is 0 Å². The molecule has 1 aromatic carbocycles. The van der Waals surface area contributed by atoms with Crippen LogP contribution in [0.1, 0.15) is 29.3 Å². The lowest BCUT2D eigenvalue weighted by atomic mass is 10.1. The highest BCUT2D eigenvalue weighted by molar-refractivity contribution is 5.96. The van der Waals surface area contributed by atoms with Crippen LogP contribution in [0.25, 0.3) is 0 Å². The minimum absolute atomic E-state index is 0.0604. The summed E-state index contributed by atoms with van der Waals surface area (Å²) < 4.78 is 0. The van der Waals surface area contributed by atoms with Gasteiger partial charge in [-0.15, -0.1) is 0 Å². The van der Waals surface area contributed by atoms with Gasteiger partial charge in [0.05, 0.1) is 0 Å². The number of nitrogens with zero attached hydrogens (tertiary/aromatic N) is 1. The Hall–Kier alpha value is -2.24. The number of hydrogen-bond donors (Lipinski definition) is 4. The summed E-state index contributed by atoms with van der Waals surface area (Å²) in [4.78, 5) is 11.9. The number of carbonyl (C=O) groups excluding carboxylic acids is 1. The summed E-state index contributed by atoms with van der Waals surface area (Å²) in [5, 5.41) is 23.3. The van der Waals surface area contributed by atoms with Gasteiger partial charge in [-0.2, -0.15) is 0 Å². The van der Waals surface area contributed by atoms with Crippen LogP contribution < -0.4 is 11.1 Å². The zero-order valence-corrected chi connectivity index (χ0v) is 10.3. The Morgan fingerprint density at radius 3 is 2.78 bits per heavy atom. The summed E-state index contributed by atoms with van der Waals surface area (Å²) in [6.45, 7) is 3.49. The molecule has 6 nitrogen and oxygen atoms in total. The summed E-state index contributed by atoms with van der Waals surface area (Å²) in [6, 6.07) is 4.27. The number of carbonyl (C=O) groups is 1. The molecule has 0 heterocycles. The fourth-order valence-corrected chi connectivity index (χ4v) is 1.61. The topological polar surface area (TPSA) is 108 Å². The SMILES string of the molecule is Cc1cc(O)ccc1C(=O)NC(C)C/C(N)=N/O. The highest BCUT2D eigenvalue weighted by Crippen LogP contribution is 2.15. The quantitative estimate of drug-likeness (QED) is 0.276. The Labute approximate surface area is 105 Å². The number of rotatable bonds is 4. The molecule has 0 spiro atoms. The van der Waals surface area contributed by atoms with Crippen molar-refractivity contribution in [2.75, 3.05) is 0 Å². The lowest BCUT2D eigenvalue weighted by Crippen LogP contribution is -2.36. The van der Waals surface area contributed by atoms with Crippen LogP contribution in [0.5, 0.6) is 5.75 Å². The number of amides is 1. The Kier molecular flexibility index (Phi) is 4.53. The zero-order chi connectivity index (χ0) is 13.7. The predicted molar refractivity (Wildman–Crippen MR) is 67.8 cm³/mol. The van der Waals surface area contributed by atoms with E-state index in [4.69, 9.17) is 10.9 Å². The molecular weight excluding hydrogens is 234 g/mol. The first-order valence-electron chi connectivity index (χ1n) is 5.51. The van der Waals surface area contributed by atoms with E-state index >= 15 is 0 Å². The van der Waals surface area contributed by atoms with E-state index in [2.05, 4.69) is 10.5 Å². The van der Waals surface area contributed by atoms with Crippen LogP contribution in [0.4, 0.5) is 0 Å². The first-order valence-corrected chi connectivity index (χ1v) is 5.51. The first kappa shape index (κ1) is 13.8. The third-order valence-electron chi connectivity index (χ3n) is 2.48. The average Bonchev–Trinajstić information content (AvgIpc) is 2.28. The lowest BCUT2D eigenvalue weighted by Gasteiger charge is -2.14. The third-order valence-corrected chi connectivity index (χ3v) is 2.48. The smallest absolute Gasteiger partial charge is 0.251 e. The fraction of sp³-hybridized carbons (Fsp3) is 0.333. The van der Waals surface area contributed by atoms with E-state index in [1.54, 1.807) is 19.9 Å². The largest absolute Gasteiger partial charge is 0.508 e. The zero-order valence-electron chi connectivity index (χ0n) is 10.3. The minimum atomic E-state index is -0.259. The van der Waals surface area contributed by atoms with Crippen LogP contribution in [0.2, 0.25) is 0 Å². The summed E-state index contributed by atoms with van der Waals surface area (Å²) in [5.41, 5.74) is 6.52. The maximum atomic E-state index is 11.9. The van der Waals surface area contributed by atoms with Crippen molar-refractivity contribution in [3.8, 4) is 5.75 Å². The van der Waals surface area contributed by atoms with Gasteiger partial charge < -0.3 is 21.4 Å². The third kappa shape index (κ3) is 3.65. The number of amidine groups is 1. The van der Waals surface area contributed by atoms with Crippen molar-refractivity contribution in [1.82, 2.24) is 5.32 Å². The molecule has 0 aliphatic carbocycles. The van der Waals surface area contributed by atoms with Crippen LogP contribution in [-0.4, -0.2) is 28.1 Å². The molecule has 0 fully saturated rings. The van der Waals surface area contributed by atoms with Crippen LogP contribution in [-0.2, 0) is 0 Å². The number of phenolic OH excluding ortho intramolecular Hbond substituents is 1. The van der Waals surface area contributed by atoms with Crippen molar-refractivity contribution in [1.29, 1.82) is 0 Å². The molecule has 6 heteroatoms. The molecule has 0 radical (unpaired) electrons. The second-order valence-corrected chi connectivity index (χ2v) is 4.17. The molecule has 1 amide bonds. The molecule has 1 aromatic rings. The van der Waals surface area contributed by atoms with Gasteiger partial charge in [-0.25, -0.2) is 0 Å². The number of phenols is 1. The Bertz CT molecular complexity index is 472. The Morgan fingerprint density at radius 1 is 1.56 bits per heavy atom. The van der Waals surface area contributed by atoms with Gasteiger partial charge in [0.25, 0.3) is 5.91 Å². The summed E-state index contributed by atoms with van der Waals surface area (Å²) in [5.74, 6) is -0.0790. The van der Waals surface area contributed by atoms with E-state index in [0.29, 0.717) is 11.1 Å². The first-order chi connectivity index (χ1) is 8.43. The van der Waals surface area contributed by atoms with Gasteiger partial charge in [-0.3, -0.25) is 4.79 Å². The van der Waals surface area contributed by atoms with Crippen molar-refractivity contribution >= 4 is 11.7 Å². The fourth-order valence-electron chi connectivity index (χ4n) is 1.61. The van der Waals surface area contributed by atoms with Gasteiger partial charge in [0.1, 0.15) is 11.6 Å². The maximum Gasteiger partial charge on any atom is 0.251 e. The van der Waals surface area contributed by atoms with Crippen molar-refractivity contribution < 1.29 is 15.1 Å². The van der Waals surface area contributed by atoms with E-state index in [9.17, 15) is 9.90 Å². The van der Waals surface area contributed by atoms with E-state index < -0.39 is 0 Å². The number of hydrogen-bond acceptors (Lipinski definition) is 4. The van der Waals surface area contributed by atoms with Gasteiger partial charge in [-0.05, 0) is 37.6 Å². The van der Waals surface area contributed by atoms with Gasteiger partial charge in [-0.1, -0.05) is 5.16 Å². The Balaban J connectivity index is 2.71. The molecule has 5 N–H and O–H groups in total. The Morgan fingerprint density at radius 2 is 2.22 bits per heavy atom. The van der Waals surface area contributed by atoms with Crippen molar-refractivity contribution in [3.63, 3.8) is 0 Å². The number of oxime groups is 1. The summed E-state index contributed by atoms with van der Waals surface area (Å²) in [6.07, 6.45) is 0.263.